The maximum absolute atomic E-state index is 11.4. The fourth-order valence-electron chi connectivity index (χ4n) is 1.77. The van der Waals surface area contributed by atoms with Crippen LogP contribution in [0.15, 0.2) is 53.3 Å². The number of aliphatic carboxylic acids is 1. The number of ether oxygens (including phenoxy) is 1. The van der Waals surface area contributed by atoms with Crippen molar-refractivity contribution in [3.05, 3.63) is 64.4 Å². The molecular formula is C18H20O4. The van der Waals surface area contributed by atoms with Gasteiger partial charge in [0.25, 0.3) is 0 Å². The monoisotopic (exact) mass is 300 g/mol. The van der Waals surface area contributed by atoms with Crippen molar-refractivity contribution in [2.75, 3.05) is 0 Å². The predicted octanol–water partition coefficient (Wildman–Crippen LogP) is 3.88. The summed E-state index contributed by atoms with van der Waals surface area (Å²) >= 11 is 0. The Morgan fingerprint density at radius 3 is 2.14 bits per heavy atom. The van der Waals surface area contributed by atoms with E-state index in [4.69, 9.17) is 4.74 Å². The standard InChI is InChI=1S/C18H20O4/c1-12-5-9-16(10-6-12)11-17(18(20)21)13(2)7-8-14(3)22-15(4)19/h5-11H,1-4H3,(H,20,21)/b13-7+,14-8+,17-11+. The number of carboxylic acids is 1. The van der Waals surface area contributed by atoms with Crippen molar-refractivity contribution in [2.24, 2.45) is 0 Å². The van der Waals surface area contributed by atoms with E-state index in [0.29, 0.717) is 11.3 Å². The van der Waals surface area contributed by atoms with E-state index < -0.39 is 11.9 Å². The van der Waals surface area contributed by atoms with Crippen LogP contribution in [-0.4, -0.2) is 17.0 Å². The minimum atomic E-state index is -1.01. The van der Waals surface area contributed by atoms with E-state index >= 15 is 0 Å². The molecule has 116 valence electrons. The smallest absolute Gasteiger partial charge is 0.335 e. The second kappa shape index (κ2) is 7.98. The lowest BCUT2D eigenvalue weighted by atomic mass is 10.0. The fraction of sp³-hybridized carbons (Fsp3) is 0.222. The van der Waals surface area contributed by atoms with Crippen molar-refractivity contribution < 1.29 is 19.4 Å². The second-order valence-electron chi connectivity index (χ2n) is 4.99. The number of allylic oxidation sites excluding steroid dienone is 3. The van der Waals surface area contributed by atoms with Crippen molar-refractivity contribution in [1.29, 1.82) is 0 Å². The number of benzene rings is 1. The summed E-state index contributed by atoms with van der Waals surface area (Å²) in [7, 11) is 0. The summed E-state index contributed by atoms with van der Waals surface area (Å²) in [5.74, 6) is -1.01. The highest BCUT2D eigenvalue weighted by Gasteiger charge is 2.09. The van der Waals surface area contributed by atoms with Gasteiger partial charge in [-0.05, 0) is 44.1 Å². The van der Waals surface area contributed by atoms with Crippen LogP contribution >= 0.6 is 0 Å². The molecule has 4 heteroatoms. The lowest BCUT2D eigenvalue weighted by molar-refractivity contribution is -0.137. The molecule has 1 N–H and O–H groups in total. The quantitative estimate of drug-likeness (QED) is 0.388. The SMILES string of the molecule is CC(=O)O/C(C)=C/C=C(C)/C(=C\c1ccc(C)cc1)C(=O)O. The molecular weight excluding hydrogens is 280 g/mol. The van der Waals surface area contributed by atoms with Crippen LogP contribution in [0.5, 0.6) is 0 Å². The zero-order valence-corrected chi connectivity index (χ0v) is 13.2. The molecule has 1 aromatic rings. The normalized spacial score (nSPS) is 13.0. The van der Waals surface area contributed by atoms with Crippen LogP contribution in [0.3, 0.4) is 0 Å². The fourth-order valence-corrected chi connectivity index (χ4v) is 1.77. The van der Waals surface area contributed by atoms with Gasteiger partial charge in [0.2, 0.25) is 0 Å². The predicted molar refractivity (Wildman–Crippen MR) is 86.1 cm³/mol. The molecule has 1 aromatic carbocycles. The molecule has 0 fully saturated rings. The number of aryl methyl sites for hydroxylation is 1. The molecule has 0 heterocycles. The molecule has 0 amide bonds. The number of carboxylic acid groups (broad SMARTS) is 1. The summed E-state index contributed by atoms with van der Waals surface area (Å²) < 4.78 is 4.88. The minimum Gasteiger partial charge on any atom is -0.478 e. The van der Waals surface area contributed by atoms with Gasteiger partial charge < -0.3 is 9.84 Å². The molecule has 22 heavy (non-hydrogen) atoms. The maximum atomic E-state index is 11.4. The lowest BCUT2D eigenvalue weighted by Crippen LogP contribution is -2.02. The molecule has 0 aliphatic heterocycles. The highest BCUT2D eigenvalue weighted by molar-refractivity contribution is 5.97. The van der Waals surface area contributed by atoms with E-state index in [1.807, 2.05) is 31.2 Å². The maximum Gasteiger partial charge on any atom is 0.335 e. The molecule has 0 saturated carbocycles. The van der Waals surface area contributed by atoms with Gasteiger partial charge in [-0.2, -0.15) is 0 Å². The summed E-state index contributed by atoms with van der Waals surface area (Å²) in [6.45, 7) is 6.62. The highest BCUT2D eigenvalue weighted by Crippen LogP contribution is 2.16. The van der Waals surface area contributed by atoms with Gasteiger partial charge in [-0.3, -0.25) is 4.79 Å². The Morgan fingerprint density at radius 1 is 1.05 bits per heavy atom. The van der Waals surface area contributed by atoms with Crippen LogP contribution < -0.4 is 0 Å². The summed E-state index contributed by atoms with van der Waals surface area (Å²) in [6.07, 6.45) is 4.80. The molecule has 4 nitrogen and oxygen atoms in total. The average Bonchev–Trinajstić information content (AvgIpc) is 2.43. The number of hydrogen-bond donors (Lipinski definition) is 1. The third-order valence-corrected chi connectivity index (χ3v) is 2.92. The van der Waals surface area contributed by atoms with Gasteiger partial charge in [0.1, 0.15) is 5.76 Å². The Morgan fingerprint density at radius 2 is 1.64 bits per heavy atom. The molecule has 0 aromatic heterocycles. The third-order valence-electron chi connectivity index (χ3n) is 2.92. The van der Waals surface area contributed by atoms with E-state index in [0.717, 1.165) is 11.1 Å². The first-order chi connectivity index (χ1) is 10.3. The van der Waals surface area contributed by atoms with E-state index in [1.165, 1.54) is 6.92 Å². The van der Waals surface area contributed by atoms with Crippen LogP contribution in [0.2, 0.25) is 0 Å². The van der Waals surface area contributed by atoms with E-state index in [1.54, 1.807) is 32.1 Å². The number of rotatable bonds is 5. The molecule has 0 bridgehead atoms. The Kier molecular flexibility index (Phi) is 6.32. The van der Waals surface area contributed by atoms with E-state index in [-0.39, 0.29) is 5.57 Å². The van der Waals surface area contributed by atoms with Crippen LogP contribution in [0, 0.1) is 6.92 Å². The average molecular weight is 300 g/mol. The number of esters is 1. The van der Waals surface area contributed by atoms with Crippen molar-refractivity contribution >= 4 is 18.0 Å². The van der Waals surface area contributed by atoms with Gasteiger partial charge in [-0.1, -0.05) is 35.9 Å². The van der Waals surface area contributed by atoms with Crippen molar-refractivity contribution in [2.45, 2.75) is 27.7 Å². The number of carbonyl (C=O) groups excluding carboxylic acids is 1. The zero-order valence-electron chi connectivity index (χ0n) is 13.2. The van der Waals surface area contributed by atoms with Crippen LogP contribution in [0.4, 0.5) is 0 Å². The Hall–Kier alpha value is -2.62. The molecule has 0 radical (unpaired) electrons. The van der Waals surface area contributed by atoms with Gasteiger partial charge >= 0.3 is 11.9 Å². The first kappa shape index (κ1) is 17.4. The largest absolute Gasteiger partial charge is 0.478 e. The Balaban J connectivity index is 3.07. The van der Waals surface area contributed by atoms with Gasteiger partial charge in [-0.25, -0.2) is 4.79 Å². The third kappa shape index (κ3) is 5.79. The molecule has 0 aliphatic rings. The minimum absolute atomic E-state index is 0.190. The summed E-state index contributed by atoms with van der Waals surface area (Å²) in [6, 6.07) is 7.58. The van der Waals surface area contributed by atoms with E-state index in [9.17, 15) is 14.7 Å². The molecule has 0 saturated heterocycles. The molecule has 1 rings (SSSR count). The van der Waals surface area contributed by atoms with Crippen molar-refractivity contribution in [3.8, 4) is 0 Å². The number of hydrogen-bond acceptors (Lipinski definition) is 3. The van der Waals surface area contributed by atoms with E-state index in [2.05, 4.69) is 0 Å². The van der Waals surface area contributed by atoms with Crippen LogP contribution in [0.1, 0.15) is 31.9 Å². The van der Waals surface area contributed by atoms with Gasteiger partial charge in [0, 0.05) is 6.92 Å². The molecule has 0 aliphatic carbocycles. The van der Waals surface area contributed by atoms with Crippen LogP contribution in [0.25, 0.3) is 6.08 Å². The summed E-state index contributed by atoms with van der Waals surface area (Å²) in [5, 5.41) is 9.36. The summed E-state index contributed by atoms with van der Waals surface area (Å²) in [5.41, 5.74) is 2.69. The van der Waals surface area contributed by atoms with Crippen LogP contribution in [-0.2, 0) is 14.3 Å². The first-order valence-electron chi connectivity index (χ1n) is 6.85. The molecule has 0 atom stereocenters. The Bertz CT molecular complexity index is 646. The number of carbonyl (C=O) groups is 2. The van der Waals surface area contributed by atoms with Gasteiger partial charge in [-0.15, -0.1) is 0 Å². The molecule has 0 unspecified atom stereocenters. The highest BCUT2D eigenvalue weighted by atomic mass is 16.5. The topological polar surface area (TPSA) is 63.6 Å². The van der Waals surface area contributed by atoms with Gasteiger partial charge in [0.15, 0.2) is 0 Å². The van der Waals surface area contributed by atoms with Crippen molar-refractivity contribution in [1.82, 2.24) is 0 Å². The zero-order chi connectivity index (χ0) is 16.7. The van der Waals surface area contributed by atoms with Crippen molar-refractivity contribution in [3.63, 3.8) is 0 Å². The van der Waals surface area contributed by atoms with Gasteiger partial charge in [0.05, 0.1) is 5.57 Å². The Labute approximate surface area is 130 Å². The molecule has 0 spiro atoms. The summed E-state index contributed by atoms with van der Waals surface area (Å²) in [4.78, 5) is 22.2. The first-order valence-corrected chi connectivity index (χ1v) is 6.85. The lowest BCUT2D eigenvalue weighted by Gasteiger charge is -2.04. The second-order valence-corrected chi connectivity index (χ2v) is 4.99.